The average molecular weight is 297 g/mol. The normalized spacial score (nSPS) is 20.2. The number of anilines is 1. The molecule has 0 radical (unpaired) electrons. The Balaban J connectivity index is 1.93. The van der Waals surface area contributed by atoms with Crippen LogP contribution in [0.3, 0.4) is 0 Å². The summed E-state index contributed by atoms with van der Waals surface area (Å²) in [6, 6.07) is 8.89. The molecule has 1 aromatic carbocycles. The Morgan fingerprint density at radius 1 is 1.29 bits per heavy atom. The van der Waals surface area contributed by atoms with Crippen molar-refractivity contribution in [1.29, 1.82) is 0 Å². The molecule has 1 aliphatic heterocycles. The summed E-state index contributed by atoms with van der Waals surface area (Å²) in [5, 5.41) is 3.63. The highest BCUT2D eigenvalue weighted by molar-refractivity contribution is 9.10. The van der Waals surface area contributed by atoms with Crippen molar-refractivity contribution in [1.82, 2.24) is 4.90 Å². The molecule has 0 saturated carbocycles. The van der Waals surface area contributed by atoms with E-state index in [2.05, 4.69) is 64.4 Å². The van der Waals surface area contributed by atoms with Crippen molar-refractivity contribution in [3.63, 3.8) is 0 Å². The maximum atomic E-state index is 3.63. The summed E-state index contributed by atoms with van der Waals surface area (Å²) in [6.45, 7) is 4.76. The summed E-state index contributed by atoms with van der Waals surface area (Å²) in [5.74, 6) is 0.790. The van der Waals surface area contributed by atoms with Crippen molar-refractivity contribution in [2.24, 2.45) is 5.92 Å². The van der Waals surface area contributed by atoms with Crippen LogP contribution in [0.25, 0.3) is 0 Å². The summed E-state index contributed by atoms with van der Waals surface area (Å²) in [7, 11) is 2.21. The first-order chi connectivity index (χ1) is 8.16. The van der Waals surface area contributed by atoms with E-state index in [-0.39, 0.29) is 0 Å². The molecule has 94 valence electrons. The summed E-state index contributed by atoms with van der Waals surface area (Å²) in [6.07, 6.45) is 2.60. The number of hydrogen-bond acceptors (Lipinski definition) is 2. The Labute approximate surface area is 113 Å². The molecule has 1 heterocycles. The van der Waals surface area contributed by atoms with E-state index in [1.165, 1.54) is 31.6 Å². The first kappa shape index (κ1) is 12.9. The van der Waals surface area contributed by atoms with E-state index in [1.54, 1.807) is 0 Å². The minimum atomic E-state index is 0.544. The van der Waals surface area contributed by atoms with Gasteiger partial charge in [-0.1, -0.05) is 12.1 Å². The smallest absolute Gasteiger partial charge is 0.0486 e. The zero-order valence-corrected chi connectivity index (χ0v) is 12.2. The molecule has 1 unspecified atom stereocenters. The van der Waals surface area contributed by atoms with Crippen LogP contribution in [0.1, 0.15) is 19.8 Å². The molecule has 0 aliphatic carbocycles. The van der Waals surface area contributed by atoms with E-state index in [4.69, 9.17) is 0 Å². The van der Waals surface area contributed by atoms with Gasteiger partial charge in [-0.15, -0.1) is 0 Å². The number of benzene rings is 1. The van der Waals surface area contributed by atoms with Crippen LogP contribution in [-0.4, -0.2) is 31.1 Å². The molecule has 1 atom stereocenters. The van der Waals surface area contributed by atoms with Crippen LogP contribution < -0.4 is 5.32 Å². The largest absolute Gasteiger partial charge is 0.381 e. The van der Waals surface area contributed by atoms with E-state index in [9.17, 15) is 0 Å². The second-order valence-electron chi connectivity index (χ2n) is 5.05. The van der Waals surface area contributed by atoms with Gasteiger partial charge in [0.2, 0.25) is 0 Å². The molecule has 0 amide bonds. The third-order valence-corrected chi connectivity index (χ3v) is 4.42. The maximum absolute atomic E-state index is 3.63. The van der Waals surface area contributed by atoms with E-state index < -0.39 is 0 Å². The summed E-state index contributed by atoms with van der Waals surface area (Å²) in [4.78, 5) is 2.42. The molecule has 2 rings (SSSR count). The molecule has 17 heavy (non-hydrogen) atoms. The van der Waals surface area contributed by atoms with Gasteiger partial charge in [-0.25, -0.2) is 0 Å². The van der Waals surface area contributed by atoms with Crippen LogP contribution in [0.4, 0.5) is 5.69 Å². The predicted octanol–water partition coefficient (Wildman–Crippen LogP) is 3.59. The van der Waals surface area contributed by atoms with Gasteiger partial charge in [-0.05, 0) is 73.9 Å². The molecule has 1 aliphatic rings. The fourth-order valence-corrected chi connectivity index (χ4v) is 2.87. The molecule has 1 aromatic rings. The first-order valence-electron chi connectivity index (χ1n) is 6.36. The molecule has 1 fully saturated rings. The first-order valence-corrected chi connectivity index (χ1v) is 7.15. The van der Waals surface area contributed by atoms with Gasteiger partial charge in [0.05, 0.1) is 0 Å². The lowest BCUT2D eigenvalue weighted by Gasteiger charge is -2.33. The lowest BCUT2D eigenvalue weighted by molar-refractivity contribution is 0.208. The number of para-hydroxylation sites is 1. The lowest BCUT2D eigenvalue weighted by Crippen LogP contribution is -2.37. The van der Waals surface area contributed by atoms with Crippen molar-refractivity contribution in [2.45, 2.75) is 25.8 Å². The topological polar surface area (TPSA) is 15.3 Å². The number of nitrogens with zero attached hydrogens (tertiary/aromatic N) is 1. The number of piperidine rings is 1. The summed E-state index contributed by atoms with van der Waals surface area (Å²) in [5.41, 5.74) is 1.21. The Bertz CT molecular complexity index is 359. The fourth-order valence-electron chi connectivity index (χ4n) is 2.47. The Kier molecular flexibility index (Phi) is 4.46. The van der Waals surface area contributed by atoms with Gasteiger partial charge in [0.1, 0.15) is 0 Å². The van der Waals surface area contributed by atoms with Gasteiger partial charge < -0.3 is 10.2 Å². The Morgan fingerprint density at radius 2 is 1.94 bits per heavy atom. The molecular formula is C14H21BrN2. The minimum Gasteiger partial charge on any atom is -0.381 e. The fraction of sp³-hybridized carbons (Fsp3) is 0.571. The van der Waals surface area contributed by atoms with Crippen molar-refractivity contribution >= 4 is 21.6 Å². The predicted molar refractivity (Wildman–Crippen MR) is 77.4 cm³/mol. The van der Waals surface area contributed by atoms with Crippen LogP contribution in [0.2, 0.25) is 0 Å². The quantitative estimate of drug-likeness (QED) is 0.917. The van der Waals surface area contributed by atoms with Gasteiger partial charge in [-0.2, -0.15) is 0 Å². The minimum absolute atomic E-state index is 0.544. The zero-order valence-electron chi connectivity index (χ0n) is 10.6. The van der Waals surface area contributed by atoms with Crippen molar-refractivity contribution in [3.05, 3.63) is 28.7 Å². The van der Waals surface area contributed by atoms with Crippen LogP contribution in [-0.2, 0) is 0 Å². The second-order valence-corrected chi connectivity index (χ2v) is 5.91. The van der Waals surface area contributed by atoms with Gasteiger partial charge in [0.25, 0.3) is 0 Å². The van der Waals surface area contributed by atoms with Gasteiger partial charge in [0, 0.05) is 16.2 Å². The van der Waals surface area contributed by atoms with Crippen molar-refractivity contribution < 1.29 is 0 Å². The second kappa shape index (κ2) is 5.87. The standard InChI is InChI=1S/C14H21BrN2/c1-11(12-7-9-17(2)10-8-12)16-14-6-4-3-5-13(14)15/h3-6,11-12,16H,7-10H2,1-2H3. The molecule has 1 saturated heterocycles. The zero-order chi connectivity index (χ0) is 12.3. The third kappa shape index (κ3) is 3.46. The van der Waals surface area contributed by atoms with Gasteiger partial charge in [0.15, 0.2) is 0 Å². The monoisotopic (exact) mass is 296 g/mol. The molecule has 0 aromatic heterocycles. The van der Waals surface area contributed by atoms with E-state index in [0.717, 1.165) is 10.4 Å². The van der Waals surface area contributed by atoms with Crippen LogP contribution >= 0.6 is 15.9 Å². The Hall–Kier alpha value is -0.540. The van der Waals surface area contributed by atoms with Crippen LogP contribution in [0.15, 0.2) is 28.7 Å². The van der Waals surface area contributed by atoms with Crippen molar-refractivity contribution in [3.8, 4) is 0 Å². The summed E-state index contributed by atoms with van der Waals surface area (Å²) >= 11 is 3.59. The number of nitrogens with one attached hydrogen (secondary N) is 1. The molecule has 0 bridgehead atoms. The third-order valence-electron chi connectivity index (χ3n) is 3.73. The molecule has 0 spiro atoms. The van der Waals surface area contributed by atoms with E-state index in [0.29, 0.717) is 6.04 Å². The van der Waals surface area contributed by atoms with Crippen LogP contribution in [0, 0.1) is 5.92 Å². The highest BCUT2D eigenvalue weighted by atomic mass is 79.9. The average Bonchev–Trinajstić information content (AvgIpc) is 2.33. The SMILES string of the molecule is CC(Nc1ccccc1Br)C1CCN(C)CC1. The molecule has 2 nitrogen and oxygen atoms in total. The number of hydrogen-bond donors (Lipinski definition) is 1. The summed E-state index contributed by atoms with van der Waals surface area (Å²) < 4.78 is 1.15. The number of halogens is 1. The Morgan fingerprint density at radius 3 is 2.59 bits per heavy atom. The van der Waals surface area contributed by atoms with Gasteiger partial charge in [-0.3, -0.25) is 0 Å². The lowest BCUT2D eigenvalue weighted by atomic mass is 9.90. The number of likely N-dealkylation sites (tertiary alicyclic amines) is 1. The van der Waals surface area contributed by atoms with E-state index in [1.807, 2.05) is 0 Å². The van der Waals surface area contributed by atoms with Gasteiger partial charge >= 0.3 is 0 Å². The molecule has 3 heteroatoms. The van der Waals surface area contributed by atoms with Crippen LogP contribution in [0.5, 0.6) is 0 Å². The highest BCUT2D eigenvalue weighted by Crippen LogP contribution is 2.26. The van der Waals surface area contributed by atoms with Crippen molar-refractivity contribution in [2.75, 3.05) is 25.5 Å². The molecular weight excluding hydrogens is 276 g/mol. The maximum Gasteiger partial charge on any atom is 0.0486 e. The number of rotatable bonds is 3. The molecule has 1 N–H and O–H groups in total. The highest BCUT2D eigenvalue weighted by Gasteiger charge is 2.22. The van der Waals surface area contributed by atoms with E-state index >= 15 is 0 Å².